The fourth-order valence-corrected chi connectivity index (χ4v) is 2.37. The Morgan fingerprint density at radius 3 is 2.71 bits per heavy atom. The number of nitrogens with two attached hydrogens (primary N) is 1. The number of benzene rings is 1. The molecule has 0 saturated heterocycles. The Bertz CT molecular complexity index is 595. The van der Waals surface area contributed by atoms with E-state index in [-0.39, 0.29) is 12.1 Å². The van der Waals surface area contributed by atoms with Crippen molar-refractivity contribution in [2.45, 2.75) is 45.9 Å². The van der Waals surface area contributed by atoms with Crippen LogP contribution in [0.2, 0.25) is 5.02 Å². The lowest BCUT2D eigenvalue weighted by atomic mass is 10.1. The van der Waals surface area contributed by atoms with Crippen molar-refractivity contribution in [3.05, 3.63) is 40.9 Å². The van der Waals surface area contributed by atoms with Gasteiger partial charge in [0, 0.05) is 12.1 Å². The van der Waals surface area contributed by atoms with Crippen LogP contribution in [0.15, 0.2) is 24.5 Å². The molecule has 1 atom stereocenters. The van der Waals surface area contributed by atoms with Gasteiger partial charge in [0.15, 0.2) is 5.82 Å². The van der Waals surface area contributed by atoms with Crippen LogP contribution in [-0.4, -0.2) is 20.8 Å². The molecule has 0 aliphatic rings. The maximum Gasteiger partial charge on any atom is 0.165 e. The molecule has 0 radical (unpaired) electrons. The summed E-state index contributed by atoms with van der Waals surface area (Å²) in [7, 11) is 0. The molecule has 0 amide bonds. The van der Waals surface area contributed by atoms with Crippen molar-refractivity contribution in [3.8, 4) is 5.75 Å². The fourth-order valence-electron chi connectivity index (χ4n) is 2.11. The third kappa shape index (κ3) is 4.19. The summed E-state index contributed by atoms with van der Waals surface area (Å²) >= 11 is 6.25. The molecule has 1 aromatic heterocycles. The molecule has 1 heterocycles. The summed E-state index contributed by atoms with van der Waals surface area (Å²) < 4.78 is 7.58. The second-order valence-electron chi connectivity index (χ2n) is 5.45. The summed E-state index contributed by atoms with van der Waals surface area (Å²) in [6, 6.07) is 6.11. The van der Waals surface area contributed by atoms with Crippen LogP contribution in [0.4, 0.5) is 0 Å². The van der Waals surface area contributed by atoms with Gasteiger partial charge in [0.05, 0.1) is 5.02 Å². The van der Waals surface area contributed by atoms with E-state index in [1.807, 2.05) is 43.7 Å². The first-order valence-corrected chi connectivity index (χ1v) is 7.40. The fraction of sp³-hybridized carbons (Fsp3) is 0.467. The van der Waals surface area contributed by atoms with Gasteiger partial charge in [-0.2, -0.15) is 5.10 Å². The van der Waals surface area contributed by atoms with E-state index >= 15 is 0 Å². The summed E-state index contributed by atoms with van der Waals surface area (Å²) in [6.07, 6.45) is 2.33. The highest BCUT2D eigenvalue weighted by atomic mass is 35.5. The summed E-state index contributed by atoms with van der Waals surface area (Å²) in [5, 5.41) is 4.76. The topological polar surface area (TPSA) is 66.0 Å². The van der Waals surface area contributed by atoms with Crippen molar-refractivity contribution >= 4 is 11.6 Å². The first-order valence-electron chi connectivity index (χ1n) is 7.02. The Kier molecular flexibility index (Phi) is 5.20. The highest BCUT2D eigenvalue weighted by molar-refractivity contribution is 6.32. The Hall–Kier alpha value is -1.59. The van der Waals surface area contributed by atoms with Crippen molar-refractivity contribution in [3.63, 3.8) is 0 Å². The second kappa shape index (κ2) is 6.91. The smallest absolute Gasteiger partial charge is 0.165 e. The van der Waals surface area contributed by atoms with Crippen LogP contribution < -0.4 is 10.5 Å². The van der Waals surface area contributed by atoms with Gasteiger partial charge in [-0.15, -0.1) is 0 Å². The molecule has 0 aliphatic carbocycles. The standard InChI is InChI=1S/C15H21ClN4O/c1-10(2)20-15(18-9-19-20)8-21-14-5-4-12(6-11(3)17)7-13(14)16/h4-5,7,9-11H,6,8,17H2,1-3H3. The highest BCUT2D eigenvalue weighted by Gasteiger charge is 2.10. The van der Waals surface area contributed by atoms with E-state index in [0.717, 1.165) is 17.8 Å². The van der Waals surface area contributed by atoms with Crippen LogP contribution in [0.3, 0.4) is 0 Å². The van der Waals surface area contributed by atoms with Gasteiger partial charge in [-0.1, -0.05) is 17.7 Å². The van der Waals surface area contributed by atoms with Gasteiger partial charge in [-0.05, 0) is 44.9 Å². The van der Waals surface area contributed by atoms with Gasteiger partial charge in [-0.25, -0.2) is 9.67 Å². The molecule has 5 nitrogen and oxygen atoms in total. The molecule has 0 saturated carbocycles. The van der Waals surface area contributed by atoms with Gasteiger partial charge in [-0.3, -0.25) is 0 Å². The molecule has 6 heteroatoms. The molecule has 2 aromatic rings. The Balaban J connectivity index is 2.05. The van der Waals surface area contributed by atoms with E-state index in [2.05, 4.69) is 10.1 Å². The normalized spacial score (nSPS) is 12.7. The van der Waals surface area contributed by atoms with Crippen molar-refractivity contribution < 1.29 is 4.74 Å². The summed E-state index contributed by atoms with van der Waals surface area (Å²) in [6.45, 7) is 6.41. The third-order valence-electron chi connectivity index (χ3n) is 3.05. The minimum Gasteiger partial charge on any atom is -0.484 e. The van der Waals surface area contributed by atoms with Gasteiger partial charge in [0.25, 0.3) is 0 Å². The molecule has 0 fully saturated rings. The molecule has 0 spiro atoms. The molecule has 21 heavy (non-hydrogen) atoms. The van der Waals surface area contributed by atoms with E-state index < -0.39 is 0 Å². The van der Waals surface area contributed by atoms with Crippen LogP contribution in [0.25, 0.3) is 0 Å². The molecular weight excluding hydrogens is 288 g/mol. The van der Waals surface area contributed by atoms with Crippen LogP contribution in [-0.2, 0) is 13.0 Å². The zero-order valence-corrected chi connectivity index (χ0v) is 13.3. The van der Waals surface area contributed by atoms with E-state index in [0.29, 0.717) is 17.4 Å². The van der Waals surface area contributed by atoms with Gasteiger partial charge in [0.2, 0.25) is 0 Å². The molecule has 0 bridgehead atoms. The minimum atomic E-state index is 0.109. The SMILES string of the molecule is CC(N)Cc1ccc(OCc2ncnn2C(C)C)c(Cl)c1. The summed E-state index contributed by atoms with van der Waals surface area (Å²) in [4.78, 5) is 4.21. The molecule has 114 valence electrons. The Morgan fingerprint density at radius 1 is 1.33 bits per heavy atom. The average Bonchev–Trinajstić information content (AvgIpc) is 2.85. The predicted molar refractivity (Wildman–Crippen MR) is 83.5 cm³/mol. The lowest BCUT2D eigenvalue weighted by Gasteiger charge is -2.12. The highest BCUT2D eigenvalue weighted by Crippen LogP contribution is 2.26. The van der Waals surface area contributed by atoms with Crippen LogP contribution >= 0.6 is 11.6 Å². The Labute approximate surface area is 130 Å². The molecule has 0 aliphatic heterocycles. The van der Waals surface area contributed by atoms with Gasteiger partial charge in [0.1, 0.15) is 18.7 Å². The van der Waals surface area contributed by atoms with E-state index in [9.17, 15) is 0 Å². The Morgan fingerprint density at radius 2 is 2.10 bits per heavy atom. The first-order chi connectivity index (χ1) is 9.97. The maximum absolute atomic E-state index is 6.25. The third-order valence-corrected chi connectivity index (χ3v) is 3.34. The molecule has 2 N–H and O–H groups in total. The molecule has 2 rings (SSSR count). The molecule has 1 unspecified atom stereocenters. The lowest BCUT2D eigenvalue weighted by molar-refractivity contribution is 0.282. The quantitative estimate of drug-likeness (QED) is 0.891. The lowest BCUT2D eigenvalue weighted by Crippen LogP contribution is -2.17. The monoisotopic (exact) mass is 308 g/mol. The number of halogens is 1. The van der Waals surface area contributed by atoms with Crippen molar-refractivity contribution in [2.24, 2.45) is 5.73 Å². The number of nitrogens with zero attached hydrogens (tertiary/aromatic N) is 3. The molecule has 1 aromatic carbocycles. The molecular formula is C15H21ClN4O. The van der Waals surface area contributed by atoms with Crippen molar-refractivity contribution in [1.29, 1.82) is 0 Å². The van der Waals surface area contributed by atoms with Crippen LogP contribution in [0.1, 0.15) is 38.2 Å². The predicted octanol–water partition coefficient (Wildman–Crippen LogP) is 2.98. The summed E-state index contributed by atoms with van der Waals surface area (Å²) in [5.41, 5.74) is 6.89. The minimum absolute atomic E-state index is 0.109. The van der Waals surface area contributed by atoms with Crippen molar-refractivity contribution in [1.82, 2.24) is 14.8 Å². The van der Waals surface area contributed by atoms with Crippen LogP contribution in [0, 0.1) is 0 Å². The summed E-state index contributed by atoms with van der Waals surface area (Å²) in [5.74, 6) is 1.42. The number of hydrogen-bond acceptors (Lipinski definition) is 4. The largest absolute Gasteiger partial charge is 0.484 e. The van der Waals surface area contributed by atoms with Gasteiger partial charge >= 0.3 is 0 Å². The number of hydrogen-bond donors (Lipinski definition) is 1. The maximum atomic E-state index is 6.25. The number of ether oxygens (including phenoxy) is 1. The van der Waals surface area contributed by atoms with E-state index in [1.54, 1.807) is 0 Å². The first kappa shape index (κ1) is 15.8. The van der Waals surface area contributed by atoms with Crippen LogP contribution in [0.5, 0.6) is 5.75 Å². The van der Waals surface area contributed by atoms with E-state index in [4.69, 9.17) is 22.1 Å². The number of aromatic nitrogens is 3. The van der Waals surface area contributed by atoms with Gasteiger partial charge < -0.3 is 10.5 Å². The average molecular weight is 309 g/mol. The second-order valence-corrected chi connectivity index (χ2v) is 5.86. The zero-order chi connectivity index (χ0) is 15.4. The number of rotatable bonds is 6. The van der Waals surface area contributed by atoms with Crippen molar-refractivity contribution in [2.75, 3.05) is 0 Å². The van der Waals surface area contributed by atoms with E-state index in [1.165, 1.54) is 6.33 Å². The zero-order valence-electron chi connectivity index (χ0n) is 12.6.